The van der Waals surface area contributed by atoms with Gasteiger partial charge in [-0.25, -0.2) is 10.8 Å². The minimum Gasteiger partial charge on any atom is -0.395 e. The first-order valence-electron chi connectivity index (χ1n) is 12.3. The molecule has 1 aromatic heterocycles. The zero-order valence-corrected chi connectivity index (χ0v) is 20.5. The molecule has 0 radical (unpaired) electrons. The number of nitrogens with zero attached hydrogens (tertiary/aromatic N) is 2. The smallest absolute Gasteiger partial charge is 0.395 e. The molecule has 3 aromatic rings. The summed E-state index contributed by atoms with van der Waals surface area (Å²) in [7, 11) is 0. The summed E-state index contributed by atoms with van der Waals surface area (Å²) >= 11 is 0. The maximum absolute atomic E-state index is 13.1. The van der Waals surface area contributed by atoms with E-state index in [4.69, 9.17) is 17.3 Å². The molecule has 1 saturated heterocycles. The molecule has 1 fully saturated rings. The third kappa shape index (κ3) is 6.33. The third-order valence-electron chi connectivity index (χ3n) is 7.10. The molecule has 0 saturated carbocycles. The first-order valence-corrected chi connectivity index (χ1v) is 12.3. The molecule has 3 unspecified atom stereocenters. The highest BCUT2D eigenvalue weighted by Crippen LogP contribution is 2.37. The largest absolute Gasteiger partial charge is 0.416 e. The number of aliphatic hydroxyl groups is 1. The molecule has 1 aliphatic rings. The van der Waals surface area contributed by atoms with Gasteiger partial charge >= 0.3 is 6.18 Å². The Balaban J connectivity index is 1.42. The number of nitrogens with two attached hydrogens (primary N) is 3. The van der Waals surface area contributed by atoms with Gasteiger partial charge < -0.3 is 26.9 Å². The number of aliphatic hydroxyl groups excluding tert-OH is 1. The van der Waals surface area contributed by atoms with E-state index in [0.717, 1.165) is 42.6 Å². The lowest BCUT2D eigenvalue weighted by molar-refractivity contribution is -0.137. The highest BCUT2D eigenvalue weighted by Gasteiger charge is 2.33. The molecule has 2 aromatic carbocycles. The van der Waals surface area contributed by atoms with E-state index in [1.165, 1.54) is 6.07 Å². The van der Waals surface area contributed by atoms with Crippen LogP contribution in [0.25, 0.3) is 0 Å². The van der Waals surface area contributed by atoms with Gasteiger partial charge in [0.25, 0.3) is 0 Å². The van der Waals surface area contributed by atoms with Crippen molar-refractivity contribution in [2.24, 2.45) is 5.84 Å². The second-order valence-corrected chi connectivity index (χ2v) is 9.53. The molecule has 7 nitrogen and oxygen atoms in total. The van der Waals surface area contributed by atoms with Crippen LogP contribution in [-0.4, -0.2) is 40.7 Å². The molecular formula is C27H33F3N6O. The van der Waals surface area contributed by atoms with Crippen LogP contribution in [0.2, 0.25) is 0 Å². The van der Waals surface area contributed by atoms with Crippen LogP contribution in [-0.2, 0) is 6.18 Å². The number of hydrogen-bond donors (Lipinski definition) is 5. The number of anilines is 3. The lowest BCUT2D eigenvalue weighted by Gasteiger charge is -2.36. The molecule has 3 atom stereocenters. The number of pyridine rings is 1. The van der Waals surface area contributed by atoms with Crippen LogP contribution >= 0.6 is 0 Å². The van der Waals surface area contributed by atoms with E-state index < -0.39 is 17.8 Å². The van der Waals surface area contributed by atoms with Crippen LogP contribution in [0.1, 0.15) is 53.4 Å². The average molecular weight is 515 g/mol. The Labute approximate surface area is 214 Å². The summed E-state index contributed by atoms with van der Waals surface area (Å²) in [6.45, 7) is 1.83. The normalized spacial score (nSPS) is 19.5. The third-order valence-corrected chi connectivity index (χ3v) is 7.10. The number of β-amino-alcohol motifs (C(OH)–C–C–N with tert-alkyl or cyclic N) is 1. The van der Waals surface area contributed by atoms with Gasteiger partial charge in [0.2, 0.25) is 0 Å². The Hall–Kier alpha value is -3.34. The summed E-state index contributed by atoms with van der Waals surface area (Å²) in [6.07, 6.45) is -2.97. The molecule has 0 aliphatic carbocycles. The maximum atomic E-state index is 13.1. The van der Waals surface area contributed by atoms with Crippen LogP contribution in [0.15, 0.2) is 60.7 Å². The highest BCUT2D eigenvalue weighted by atomic mass is 19.4. The Morgan fingerprint density at radius 3 is 2.51 bits per heavy atom. The van der Waals surface area contributed by atoms with E-state index in [0.29, 0.717) is 42.4 Å². The van der Waals surface area contributed by atoms with E-state index in [1.54, 1.807) is 12.1 Å². The van der Waals surface area contributed by atoms with Crippen LogP contribution in [0.4, 0.5) is 30.5 Å². The molecule has 10 heteroatoms. The summed E-state index contributed by atoms with van der Waals surface area (Å²) < 4.78 is 39.4. The fourth-order valence-corrected chi connectivity index (χ4v) is 5.23. The van der Waals surface area contributed by atoms with Crippen LogP contribution in [0.5, 0.6) is 0 Å². The molecule has 0 bridgehead atoms. The summed E-state index contributed by atoms with van der Waals surface area (Å²) in [5.74, 6) is 5.88. The number of hydrogen-bond acceptors (Lipinski definition) is 7. The van der Waals surface area contributed by atoms with Crippen molar-refractivity contribution in [3.05, 3.63) is 82.9 Å². The van der Waals surface area contributed by atoms with Crippen LogP contribution in [0.3, 0.4) is 0 Å². The van der Waals surface area contributed by atoms with Crippen LogP contribution < -0.4 is 22.7 Å². The Kier molecular flexibility index (Phi) is 8.21. The lowest BCUT2D eigenvalue weighted by Crippen LogP contribution is -2.43. The minimum absolute atomic E-state index is 0.0360. The van der Waals surface area contributed by atoms with E-state index in [9.17, 15) is 18.3 Å². The topological polar surface area (TPSA) is 126 Å². The number of nitrogen functional groups attached to an aromatic ring is 3. The molecule has 1 aliphatic heterocycles. The van der Waals surface area contributed by atoms with E-state index >= 15 is 0 Å². The molecule has 0 spiro atoms. The summed E-state index contributed by atoms with van der Waals surface area (Å²) in [5.41, 5.74) is 17.1. The molecular weight excluding hydrogens is 481 g/mol. The SMILES string of the molecule is NNc1nc(N)cc(C(CCCN2CCC(c3cccc(C(F)(F)F)c3)C(O)C2)c2ccccc2)c1N. The maximum Gasteiger partial charge on any atom is 0.416 e. The lowest BCUT2D eigenvalue weighted by atomic mass is 9.85. The number of rotatable bonds is 8. The number of likely N-dealkylation sites (tertiary alicyclic amines) is 1. The predicted octanol–water partition coefficient (Wildman–Crippen LogP) is 4.31. The number of halogens is 3. The highest BCUT2D eigenvalue weighted by molar-refractivity contribution is 5.70. The van der Waals surface area contributed by atoms with Crippen molar-refractivity contribution in [1.82, 2.24) is 9.88 Å². The number of hydrazine groups is 1. The van der Waals surface area contributed by atoms with E-state index in [2.05, 4.69) is 15.3 Å². The van der Waals surface area contributed by atoms with Gasteiger partial charge in [0.15, 0.2) is 5.82 Å². The number of alkyl halides is 3. The van der Waals surface area contributed by atoms with E-state index in [-0.39, 0.29) is 11.8 Å². The van der Waals surface area contributed by atoms with E-state index in [1.807, 2.05) is 30.3 Å². The van der Waals surface area contributed by atoms with Gasteiger partial charge in [-0.1, -0.05) is 48.5 Å². The monoisotopic (exact) mass is 514 g/mol. The molecule has 0 amide bonds. The van der Waals surface area contributed by atoms with Crippen molar-refractivity contribution in [2.75, 3.05) is 36.5 Å². The van der Waals surface area contributed by atoms with Gasteiger partial charge in [-0.3, -0.25) is 0 Å². The van der Waals surface area contributed by atoms with Crippen molar-refractivity contribution < 1.29 is 18.3 Å². The van der Waals surface area contributed by atoms with Gasteiger partial charge in [-0.05, 0) is 61.2 Å². The van der Waals surface area contributed by atoms with Crippen molar-refractivity contribution >= 4 is 17.3 Å². The summed E-state index contributed by atoms with van der Waals surface area (Å²) in [4.78, 5) is 6.32. The zero-order valence-electron chi connectivity index (χ0n) is 20.5. The van der Waals surface area contributed by atoms with Gasteiger partial charge in [0.05, 0.1) is 17.4 Å². The quantitative estimate of drug-likeness (QED) is 0.224. The number of aromatic nitrogens is 1. The van der Waals surface area contributed by atoms with Crippen LogP contribution in [0, 0.1) is 0 Å². The van der Waals surface area contributed by atoms with Crippen molar-refractivity contribution in [3.63, 3.8) is 0 Å². The van der Waals surface area contributed by atoms with Crippen molar-refractivity contribution in [3.8, 4) is 0 Å². The number of nitrogens with one attached hydrogen (secondary N) is 1. The molecule has 4 rings (SSSR count). The van der Waals surface area contributed by atoms with Crippen molar-refractivity contribution in [1.29, 1.82) is 0 Å². The molecule has 37 heavy (non-hydrogen) atoms. The zero-order chi connectivity index (χ0) is 26.6. The predicted molar refractivity (Wildman–Crippen MR) is 140 cm³/mol. The molecule has 8 N–H and O–H groups in total. The number of benzene rings is 2. The fourth-order valence-electron chi connectivity index (χ4n) is 5.23. The van der Waals surface area contributed by atoms with Gasteiger partial charge in [-0.15, -0.1) is 0 Å². The number of piperidine rings is 1. The van der Waals surface area contributed by atoms with Crippen molar-refractivity contribution in [2.45, 2.75) is 43.4 Å². The van der Waals surface area contributed by atoms with Gasteiger partial charge in [0, 0.05) is 18.4 Å². The summed E-state index contributed by atoms with van der Waals surface area (Å²) in [6, 6.07) is 17.0. The molecule has 198 valence electrons. The first-order chi connectivity index (χ1) is 17.7. The minimum atomic E-state index is -4.40. The molecule has 2 heterocycles. The fraction of sp³-hybridized carbons (Fsp3) is 0.370. The Bertz CT molecular complexity index is 1190. The Morgan fingerprint density at radius 2 is 1.84 bits per heavy atom. The summed E-state index contributed by atoms with van der Waals surface area (Å²) in [5, 5.41) is 10.8. The second-order valence-electron chi connectivity index (χ2n) is 9.53. The van der Waals surface area contributed by atoms with Gasteiger partial charge in [0.1, 0.15) is 5.82 Å². The van der Waals surface area contributed by atoms with Gasteiger partial charge in [-0.2, -0.15) is 13.2 Å². The standard InChI is InChI=1S/C27H33F3N6O/c28-27(29,30)19-9-4-8-18(14-19)21-11-13-36(16-23(21)37)12-5-10-20(17-6-2-1-3-7-17)22-15-24(31)34-26(35-33)25(22)32/h1-4,6-9,14-15,20-21,23,37H,5,10-13,16,32-33H2,(H3,31,34,35). The first kappa shape index (κ1) is 26.7. The average Bonchev–Trinajstić information content (AvgIpc) is 2.88. The Morgan fingerprint density at radius 1 is 1.08 bits per heavy atom. The second kappa shape index (κ2) is 11.4.